The van der Waals surface area contributed by atoms with Crippen LogP contribution in [0.5, 0.6) is 0 Å². The molecule has 0 aliphatic rings. The first-order chi connectivity index (χ1) is 29.6. The Morgan fingerprint density at radius 3 is 0.967 bits per heavy atom. The molecule has 2 N–H and O–H groups in total. The normalized spacial score (nSPS) is 12.2. The van der Waals surface area contributed by atoms with Gasteiger partial charge in [-0.15, -0.1) is 0 Å². The zero-order chi connectivity index (χ0) is 43.5. The fourth-order valence-corrected chi connectivity index (χ4v) is 8.77. The average molecular weight is 844 g/mol. The van der Waals surface area contributed by atoms with E-state index in [-0.39, 0.29) is 5.91 Å². The zero-order valence-electron chi connectivity index (χ0n) is 41.1. The van der Waals surface area contributed by atoms with E-state index >= 15 is 0 Å². The minimum absolute atomic E-state index is 0.103. The van der Waals surface area contributed by atoms with Crippen LogP contribution in [0.15, 0.2) is 12.2 Å². The van der Waals surface area contributed by atoms with E-state index in [2.05, 4.69) is 31.3 Å². The van der Waals surface area contributed by atoms with Crippen LogP contribution in [0.25, 0.3) is 0 Å². The maximum Gasteiger partial charge on any atom is 0.220 e. The lowest BCUT2D eigenvalue weighted by Gasteiger charge is -2.12. The molecule has 0 rings (SSSR count). The fourth-order valence-electron chi connectivity index (χ4n) is 8.77. The Morgan fingerprint density at radius 2 is 0.633 bits per heavy atom. The van der Waals surface area contributed by atoms with Crippen molar-refractivity contribution in [2.75, 3.05) is 6.54 Å². The lowest BCUT2D eigenvalue weighted by atomic mass is 10.0. The summed E-state index contributed by atoms with van der Waals surface area (Å²) in [4.78, 5) is 24.5. The molecule has 0 aromatic carbocycles. The van der Waals surface area contributed by atoms with Gasteiger partial charge in [-0.2, -0.15) is 0 Å². The molecule has 60 heavy (non-hydrogen) atoms. The maximum atomic E-state index is 12.3. The molecule has 1 unspecified atom stereocenters. The van der Waals surface area contributed by atoms with E-state index in [1.807, 2.05) is 0 Å². The van der Waals surface area contributed by atoms with Crippen molar-refractivity contribution < 1.29 is 14.7 Å². The summed E-state index contributed by atoms with van der Waals surface area (Å²) < 4.78 is 0. The fraction of sp³-hybridized carbons (Fsp3) is 0.929. The van der Waals surface area contributed by atoms with Gasteiger partial charge in [0.25, 0.3) is 0 Å². The number of nitrogens with one attached hydrogen (secondary N) is 1. The number of carbonyl (C=O) groups is 2. The molecule has 0 bridgehead atoms. The predicted molar refractivity (Wildman–Crippen MR) is 266 cm³/mol. The Labute approximate surface area is 377 Å². The number of unbranched alkanes of at least 4 members (excludes halogenated alkanes) is 40. The summed E-state index contributed by atoms with van der Waals surface area (Å²) in [6, 6.07) is 0. The molecule has 0 aromatic heterocycles. The van der Waals surface area contributed by atoms with Gasteiger partial charge in [-0.3, -0.25) is 9.59 Å². The van der Waals surface area contributed by atoms with Gasteiger partial charge >= 0.3 is 0 Å². The highest BCUT2D eigenvalue weighted by atomic mass is 16.3. The van der Waals surface area contributed by atoms with Crippen LogP contribution in [-0.4, -0.2) is 29.4 Å². The molecule has 0 spiro atoms. The highest BCUT2D eigenvalue weighted by Crippen LogP contribution is 2.17. The van der Waals surface area contributed by atoms with E-state index in [9.17, 15) is 14.7 Å². The number of rotatable bonds is 52. The first kappa shape index (κ1) is 58.8. The van der Waals surface area contributed by atoms with Crippen molar-refractivity contribution in [1.29, 1.82) is 0 Å². The van der Waals surface area contributed by atoms with Crippen LogP contribution < -0.4 is 5.32 Å². The first-order valence-corrected chi connectivity index (χ1v) is 27.7. The van der Waals surface area contributed by atoms with E-state index in [1.165, 1.54) is 250 Å². The molecule has 0 saturated heterocycles. The Kier molecular flexibility index (Phi) is 51.2. The summed E-state index contributed by atoms with van der Waals surface area (Å²) >= 11 is 0. The molecule has 0 saturated carbocycles. The molecule has 0 radical (unpaired) electrons. The van der Waals surface area contributed by atoms with Crippen LogP contribution in [0.3, 0.4) is 0 Å². The second kappa shape index (κ2) is 52.2. The van der Waals surface area contributed by atoms with Crippen LogP contribution >= 0.6 is 0 Å². The van der Waals surface area contributed by atoms with E-state index in [0.717, 1.165) is 51.4 Å². The number of Topliss-reactive ketones (excluding diaryl/α,β-unsaturated/α-hetero) is 1. The molecule has 0 heterocycles. The van der Waals surface area contributed by atoms with Crippen LogP contribution in [-0.2, 0) is 9.59 Å². The number of hydrogen-bond acceptors (Lipinski definition) is 3. The summed E-state index contributed by atoms with van der Waals surface area (Å²) in [5.41, 5.74) is 0. The molecule has 4 nitrogen and oxygen atoms in total. The number of aliphatic hydroxyl groups excluding tert-OH is 1. The molecule has 1 amide bonds. The third-order valence-electron chi connectivity index (χ3n) is 13.0. The Balaban J connectivity index is 3.29. The van der Waals surface area contributed by atoms with Crippen molar-refractivity contribution in [3.8, 4) is 0 Å². The van der Waals surface area contributed by atoms with E-state index in [4.69, 9.17) is 0 Å². The largest absolute Gasteiger partial charge is 0.391 e. The van der Waals surface area contributed by atoms with Crippen molar-refractivity contribution in [3.63, 3.8) is 0 Å². The number of carbonyl (C=O) groups excluding carboxylic acids is 2. The second-order valence-corrected chi connectivity index (χ2v) is 19.2. The van der Waals surface area contributed by atoms with Crippen LogP contribution in [0, 0.1) is 0 Å². The SMILES string of the molecule is CCCCCCCCC=CCCCCCCCCCCCC(=O)CCCCCCCCCCCCCCCC(=O)NCC(O)CCCCCCCCCCCCCCCC. The Hall–Kier alpha value is -1.16. The molecule has 0 aromatic rings. The van der Waals surface area contributed by atoms with Gasteiger partial charge in [0.1, 0.15) is 5.78 Å². The smallest absolute Gasteiger partial charge is 0.220 e. The number of amides is 1. The predicted octanol–water partition coefficient (Wildman–Crippen LogP) is 18.4. The summed E-state index contributed by atoms with van der Waals surface area (Å²) in [7, 11) is 0. The second-order valence-electron chi connectivity index (χ2n) is 19.2. The van der Waals surface area contributed by atoms with E-state index in [0.29, 0.717) is 18.7 Å². The standard InChI is InChI=1S/C56H109NO3/c1-3-5-7-9-11-13-15-17-19-20-21-22-23-26-29-33-37-41-45-49-54(58)50-46-42-38-34-30-27-24-28-32-36-40-44-48-52-56(60)57-53-55(59)51-47-43-39-35-31-25-18-16-14-12-10-8-6-4-2/h17,19,55,59H,3-16,18,20-53H2,1-2H3,(H,57,60). The van der Waals surface area contributed by atoms with Crippen LogP contribution in [0.1, 0.15) is 322 Å². The number of hydrogen-bond donors (Lipinski definition) is 2. The molecular weight excluding hydrogens is 735 g/mol. The van der Waals surface area contributed by atoms with Gasteiger partial charge in [0, 0.05) is 25.8 Å². The van der Waals surface area contributed by atoms with Crippen molar-refractivity contribution in [2.45, 2.75) is 328 Å². The number of allylic oxidation sites excluding steroid dienone is 2. The summed E-state index contributed by atoms with van der Waals surface area (Å²) in [6.07, 6.45) is 65.4. The van der Waals surface area contributed by atoms with Gasteiger partial charge in [-0.25, -0.2) is 0 Å². The molecule has 356 valence electrons. The van der Waals surface area contributed by atoms with Gasteiger partial charge in [0.05, 0.1) is 6.10 Å². The first-order valence-electron chi connectivity index (χ1n) is 27.7. The Bertz CT molecular complexity index is 871. The van der Waals surface area contributed by atoms with Gasteiger partial charge in [0.2, 0.25) is 5.91 Å². The van der Waals surface area contributed by atoms with E-state index in [1.54, 1.807) is 0 Å². The minimum Gasteiger partial charge on any atom is -0.391 e. The maximum absolute atomic E-state index is 12.3. The molecule has 0 aliphatic heterocycles. The topological polar surface area (TPSA) is 66.4 Å². The molecule has 4 heteroatoms. The lowest BCUT2D eigenvalue weighted by Crippen LogP contribution is -2.31. The number of ketones is 1. The van der Waals surface area contributed by atoms with Crippen molar-refractivity contribution in [2.24, 2.45) is 0 Å². The summed E-state index contributed by atoms with van der Waals surface area (Å²) in [6.45, 7) is 4.98. The minimum atomic E-state index is -0.399. The van der Waals surface area contributed by atoms with E-state index < -0.39 is 6.10 Å². The zero-order valence-corrected chi connectivity index (χ0v) is 41.1. The summed E-state index contributed by atoms with van der Waals surface area (Å²) in [5, 5.41) is 13.2. The van der Waals surface area contributed by atoms with Crippen molar-refractivity contribution in [3.05, 3.63) is 12.2 Å². The molecule has 1 atom stereocenters. The third kappa shape index (κ3) is 51.2. The lowest BCUT2D eigenvalue weighted by molar-refractivity contribution is -0.121. The molecular formula is C56H109NO3. The molecule has 0 aliphatic carbocycles. The Morgan fingerprint density at radius 1 is 0.367 bits per heavy atom. The molecule has 0 fully saturated rings. The van der Waals surface area contributed by atoms with Gasteiger partial charge in [-0.05, 0) is 51.4 Å². The van der Waals surface area contributed by atoms with Gasteiger partial charge in [-0.1, -0.05) is 264 Å². The highest BCUT2D eigenvalue weighted by molar-refractivity contribution is 5.78. The number of aliphatic hydroxyl groups is 1. The summed E-state index contributed by atoms with van der Waals surface area (Å²) in [5.74, 6) is 0.603. The van der Waals surface area contributed by atoms with Crippen LogP contribution in [0.2, 0.25) is 0 Å². The van der Waals surface area contributed by atoms with Crippen molar-refractivity contribution >= 4 is 11.7 Å². The van der Waals surface area contributed by atoms with Crippen LogP contribution in [0.4, 0.5) is 0 Å². The van der Waals surface area contributed by atoms with Gasteiger partial charge in [0.15, 0.2) is 0 Å². The van der Waals surface area contributed by atoms with Gasteiger partial charge < -0.3 is 10.4 Å². The van der Waals surface area contributed by atoms with Crippen molar-refractivity contribution in [1.82, 2.24) is 5.32 Å². The monoisotopic (exact) mass is 844 g/mol. The highest BCUT2D eigenvalue weighted by Gasteiger charge is 2.07. The average Bonchev–Trinajstić information content (AvgIpc) is 3.25. The third-order valence-corrected chi connectivity index (χ3v) is 13.0. The quantitative estimate of drug-likeness (QED) is 0.0473.